The molecule has 1 aliphatic rings. The molecule has 1 aromatic carbocycles. The number of pyridine rings is 1. The summed E-state index contributed by atoms with van der Waals surface area (Å²) < 4.78 is 11.2. The minimum Gasteiger partial charge on any atom is -0.440 e. The van der Waals surface area contributed by atoms with E-state index in [2.05, 4.69) is 20.1 Å². The third-order valence-corrected chi connectivity index (χ3v) is 5.37. The number of nitrogens with zero attached hydrogens (tertiary/aromatic N) is 5. The van der Waals surface area contributed by atoms with E-state index in [0.717, 1.165) is 36.0 Å². The zero-order valence-corrected chi connectivity index (χ0v) is 16.4. The van der Waals surface area contributed by atoms with Crippen molar-refractivity contribution >= 4 is 17.0 Å². The van der Waals surface area contributed by atoms with Crippen molar-refractivity contribution in [2.24, 2.45) is 0 Å². The number of oxazole rings is 1. The van der Waals surface area contributed by atoms with E-state index in [9.17, 15) is 4.79 Å². The highest BCUT2D eigenvalue weighted by Gasteiger charge is 2.28. The molecule has 1 atom stereocenters. The third kappa shape index (κ3) is 3.80. The standard InChI is InChI=1S/C22H21N5O3/c28-20(10-9-19-25-21(26-30-19)15-5-3-11-23-13-15)27-12-4-6-16(14-27)22-24-17-7-1-2-8-18(17)29-22/h1-3,5,7-8,11,13,16H,4,6,9-10,12,14H2. The summed E-state index contributed by atoms with van der Waals surface area (Å²) in [5.74, 6) is 1.86. The lowest BCUT2D eigenvalue weighted by molar-refractivity contribution is -0.132. The smallest absolute Gasteiger partial charge is 0.227 e. The molecule has 8 nitrogen and oxygen atoms in total. The lowest BCUT2D eigenvalue weighted by Crippen LogP contribution is -2.39. The first-order chi connectivity index (χ1) is 14.8. The van der Waals surface area contributed by atoms with E-state index in [-0.39, 0.29) is 11.8 Å². The maximum Gasteiger partial charge on any atom is 0.227 e. The Hall–Kier alpha value is -3.55. The fourth-order valence-corrected chi connectivity index (χ4v) is 3.81. The van der Waals surface area contributed by atoms with Gasteiger partial charge >= 0.3 is 0 Å². The summed E-state index contributed by atoms with van der Waals surface area (Å²) in [6.07, 6.45) is 6.01. The van der Waals surface area contributed by atoms with Crippen LogP contribution in [0, 0.1) is 0 Å². The second-order valence-corrected chi connectivity index (χ2v) is 7.45. The van der Waals surface area contributed by atoms with E-state index in [0.29, 0.717) is 37.0 Å². The second-order valence-electron chi connectivity index (χ2n) is 7.45. The van der Waals surface area contributed by atoms with Crippen LogP contribution in [0.25, 0.3) is 22.5 Å². The van der Waals surface area contributed by atoms with Crippen LogP contribution in [0.3, 0.4) is 0 Å². The molecule has 30 heavy (non-hydrogen) atoms. The van der Waals surface area contributed by atoms with Crippen molar-refractivity contribution < 1.29 is 13.7 Å². The number of likely N-dealkylation sites (tertiary alicyclic amines) is 1. The van der Waals surface area contributed by atoms with E-state index in [1.54, 1.807) is 12.4 Å². The zero-order valence-electron chi connectivity index (χ0n) is 16.4. The Labute approximate surface area is 172 Å². The van der Waals surface area contributed by atoms with E-state index in [4.69, 9.17) is 8.94 Å². The fourth-order valence-electron chi connectivity index (χ4n) is 3.81. The average molecular weight is 403 g/mol. The number of hydrogen-bond acceptors (Lipinski definition) is 7. The van der Waals surface area contributed by atoms with Gasteiger partial charge in [-0.3, -0.25) is 9.78 Å². The fraction of sp³-hybridized carbons (Fsp3) is 0.318. The molecule has 0 bridgehead atoms. The highest BCUT2D eigenvalue weighted by atomic mass is 16.5. The Bertz CT molecular complexity index is 1120. The lowest BCUT2D eigenvalue weighted by Gasteiger charge is -2.31. The first-order valence-corrected chi connectivity index (χ1v) is 10.1. The summed E-state index contributed by atoms with van der Waals surface area (Å²) in [5.41, 5.74) is 2.43. The van der Waals surface area contributed by atoms with Crippen LogP contribution in [0.15, 0.2) is 57.7 Å². The number of benzene rings is 1. The van der Waals surface area contributed by atoms with Gasteiger partial charge in [0.2, 0.25) is 17.6 Å². The van der Waals surface area contributed by atoms with Crippen LogP contribution in [0.2, 0.25) is 0 Å². The number of para-hydroxylation sites is 2. The molecule has 1 saturated heterocycles. The van der Waals surface area contributed by atoms with Gasteiger partial charge in [0.1, 0.15) is 5.52 Å². The highest BCUT2D eigenvalue weighted by Crippen LogP contribution is 2.29. The van der Waals surface area contributed by atoms with Crippen molar-refractivity contribution in [2.75, 3.05) is 13.1 Å². The van der Waals surface area contributed by atoms with Crippen molar-refractivity contribution in [3.63, 3.8) is 0 Å². The largest absolute Gasteiger partial charge is 0.440 e. The SMILES string of the molecule is O=C(CCc1nc(-c2cccnc2)no1)N1CCCC(c2nc3ccccc3o2)C1. The van der Waals surface area contributed by atoms with E-state index in [1.165, 1.54) is 0 Å². The van der Waals surface area contributed by atoms with Gasteiger partial charge in [-0.25, -0.2) is 4.98 Å². The third-order valence-electron chi connectivity index (χ3n) is 5.37. The number of amides is 1. The number of carbonyl (C=O) groups excluding carboxylic acids is 1. The first kappa shape index (κ1) is 18.5. The van der Waals surface area contributed by atoms with Crippen LogP contribution in [0.5, 0.6) is 0 Å². The number of hydrogen-bond donors (Lipinski definition) is 0. The number of rotatable bonds is 5. The van der Waals surface area contributed by atoms with E-state index >= 15 is 0 Å². The minimum absolute atomic E-state index is 0.0805. The maximum atomic E-state index is 12.8. The van der Waals surface area contributed by atoms with E-state index in [1.807, 2.05) is 41.3 Å². The van der Waals surface area contributed by atoms with E-state index < -0.39 is 0 Å². The number of aromatic nitrogens is 4. The molecule has 3 aromatic heterocycles. The van der Waals surface area contributed by atoms with Crippen LogP contribution >= 0.6 is 0 Å². The van der Waals surface area contributed by atoms with Crippen LogP contribution in [-0.2, 0) is 11.2 Å². The monoisotopic (exact) mass is 403 g/mol. The molecule has 0 saturated carbocycles. The number of aryl methyl sites for hydroxylation is 1. The average Bonchev–Trinajstić information content (AvgIpc) is 3.45. The molecule has 4 heterocycles. The molecule has 8 heteroatoms. The first-order valence-electron chi connectivity index (χ1n) is 10.1. The summed E-state index contributed by atoms with van der Waals surface area (Å²) in [6.45, 7) is 1.37. The quantitative estimate of drug-likeness (QED) is 0.502. The van der Waals surface area contributed by atoms with Gasteiger partial charge in [-0.05, 0) is 37.1 Å². The Morgan fingerprint density at radius 3 is 2.97 bits per heavy atom. The van der Waals surface area contributed by atoms with Crippen molar-refractivity contribution in [1.82, 2.24) is 25.0 Å². The Kier molecular flexibility index (Phi) is 4.96. The lowest BCUT2D eigenvalue weighted by atomic mass is 9.97. The van der Waals surface area contributed by atoms with Gasteiger partial charge in [0.15, 0.2) is 11.5 Å². The van der Waals surface area contributed by atoms with Gasteiger partial charge < -0.3 is 13.8 Å². The predicted octanol–water partition coefficient (Wildman–Crippen LogP) is 3.61. The molecule has 0 spiro atoms. The molecule has 1 fully saturated rings. The van der Waals surface area contributed by atoms with Gasteiger partial charge in [-0.15, -0.1) is 0 Å². The molecule has 1 amide bonds. The van der Waals surface area contributed by atoms with Crippen molar-refractivity contribution in [3.8, 4) is 11.4 Å². The van der Waals surface area contributed by atoms with Gasteiger partial charge in [-0.2, -0.15) is 4.98 Å². The number of piperidine rings is 1. The Morgan fingerprint density at radius 1 is 1.17 bits per heavy atom. The van der Waals surface area contributed by atoms with Crippen LogP contribution in [0.4, 0.5) is 0 Å². The maximum absolute atomic E-state index is 12.8. The molecule has 0 N–H and O–H groups in total. The summed E-state index contributed by atoms with van der Waals surface area (Å²) >= 11 is 0. The molecule has 5 rings (SSSR count). The van der Waals surface area contributed by atoms with Gasteiger partial charge in [0.05, 0.1) is 5.92 Å². The molecule has 1 unspecified atom stereocenters. The summed E-state index contributed by atoms with van der Waals surface area (Å²) in [6, 6.07) is 11.4. The molecule has 4 aromatic rings. The van der Waals surface area contributed by atoms with Crippen molar-refractivity contribution in [3.05, 3.63) is 60.6 Å². The van der Waals surface area contributed by atoms with Crippen molar-refractivity contribution in [2.45, 2.75) is 31.6 Å². The number of fused-ring (bicyclic) bond motifs is 1. The molecular weight excluding hydrogens is 382 g/mol. The summed E-state index contributed by atoms with van der Waals surface area (Å²) in [4.78, 5) is 27.7. The predicted molar refractivity (Wildman–Crippen MR) is 108 cm³/mol. The molecule has 152 valence electrons. The van der Waals surface area contributed by atoms with Gasteiger partial charge in [-0.1, -0.05) is 17.3 Å². The van der Waals surface area contributed by atoms with Crippen molar-refractivity contribution in [1.29, 1.82) is 0 Å². The second kappa shape index (κ2) is 8.06. The minimum atomic E-state index is 0.0805. The number of carbonyl (C=O) groups is 1. The van der Waals surface area contributed by atoms with Gasteiger partial charge in [0, 0.05) is 43.9 Å². The Morgan fingerprint density at radius 2 is 2.10 bits per heavy atom. The molecule has 1 aliphatic heterocycles. The summed E-state index contributed by atoms with van der Waals surface area (Å²) in [5, 5.41) is 3.98. The summed E-state index contributed by atoms with van der Waals surface area (Å²) in [7, 11) is 0. The topological polar surface area (TPSA) is 98.1 Å². The van der Waals surface area contributed by atoms with Crippen LogP contribution in [-0.4, -0.2) is 44.0 Å². The molecule has 0 aliphatic carbocycles. The highest BCUT2D eigenvalue weighted by molar-refractivity contribution is 5.76. The van der Waals surface area contributed by atoms with Gasteiger partial charge in [0.25, 0.3) is 0 Å². The Balaban J connectivity index is 1.20. The molecule has 0 radical (unpaired) electrons. The normalized spacial score (nSPS) is 16.8. The van der Waals surface area contributed by atoms with Crippen LogP contribution in [0.1, 0.15) is 37.0 Å². The van der Waals surface area contributed by atoms with Crippen LogP contribution < -0.4 is 0 Å². The molecular formula is C22H21N5O3. The zero-order chi connectivity index (χ0) is 20.3.